The molecular formula is C14H21N5. The molecule has 0 saturated heterocycles. The van der Waals surface area contributed by atoms with Crippen LogP contribution in [-0.2, 0) is 7.05 Å². The molecule has 1 aliphatic carbocycles. The van der Waals surface area contributed by atoms with Crippen LogP contribution in [0.5, 0.6) is 0 Å². The number of hydrogen-bond donors (Lipinski definition) is 1. The van der Waals surface area contributed by atoms with Crippen molar-refractivity contribution in [3.05, 3.63) is 18.6 Å². The number of nitrogens with two attached hydrogens (primary N) is 1. The van der Waals surface area contributed by atoms with Crippen LogP contribution in [0, 0.1) is 0 Å². The number of rotatable bonds is 2. The Balaban J connectivity index is 1.91. The zero-order chi connectivity index (χ0) is 13.4. The van der Waals surface area contributed by atoms with E-state index in [9.17, 15) is 0 Å². The minimum absolute atomic E-state index is 0.378. The summed E-state index contributed by atoms with van der Waals surface area (Å²) in [5.74, 6) is 0.985. The molecule has 3 rings (SSSR count). The Labute approximate surface area is 113 Å². The first-order chi connectivity index (χ1) is 9.16. The van der Waals surface area contributed by atoms with E-state index in [4.69, 9.17) is 5.73 Å². The van der Waals surface area contributed by atoms with Gasteiger partial charge in [-0.3, -0.25) is 0 Å². The summed E-state index contributed by atoms with van der Waals surface area (Å²) in [6, 6.07) is 2.92. The van der Waals surface area contributed by atoms with Gasteiger partial charge in [-0.15, -0.1) is 0 Å². The summed E-state index contributed by atoms with van der Waals surface area (Å²) in [5.41, 5.74) is 8.10. The Morgan fingerprint density at radius 1 is 1.26 bits per heavy atom. The molecular weight excluding hydrogens is 238 g/mol. The molecule has 0 bridgehead atoms. The largest absolute Gasteiger partial charge is 0.355 e. The highest BCUT2D eigenvalue weighted by Gasteiger charge is 2.24. The molecule has 2 heterocycles. The van der Waals surface area contributed by atoms with Crippen LogP contribution in [0.2, 0.25) is 0 Å². The summed E-state index contributed by atoms with van der Waals surface area (Å²) in [4.78, 5) is 11.3. The van der Waals surface area contributed by atoms with Gasteiger partial charge in [0, 0.05) is 32.4 Å². The average molecular weight is 259 g/mol. The van der Waals surface area contributed by atoms with Gasteiger partial charge in [0.2, 0.25) is 0 Å². The molecule has 0 atom stereocenters. The number of imidazole rings is 1. The Morgan fingerprint density at radius 2 is 2.00 bits per heavy atom. The lowest BCUT2D eigenvalue weighted by atomic mass is 9.91. The van der Waals surface area contributed by atoms with Crippen LogP contribution in [-0.4, -0.2) is 33.7 Å². The molecule has 0 unspecified atom stereocenters. The third-order valence-corrected chi connectivity index (χ3v) is 4.25. The molecule has 1 saturated carbocycles. The van der Waals surface area contributed by atoms with Crippen LogP contribution in [0.4, 0.5) is 5.82 Å². The fourth-order valence-corrected chi connectivity index (χ4v) is 2.97. The standard InChI is InChI=1S/C14H21N5/c1-18-9-17-13-12(18)7-8-16-14(13)19(2)11-5-3-10(15)4-6-11/h7-11H,3-6,15H2,1-2H3. The van der Waals surface area contributed by atoms with Crippen molar-refractivity contribution < 1.29 is 0 Å². The normalized spacial score (nSPS) is 23.7. The second-order valence-electron chi connectivity index (χ2n) is 5.54. The summed E-state index contributed by atoms with van der Waals surface area (Å²) in [5, 5.41) is 0. The number of anilines is 1. The van der Waals surface area contributed by atoms with E-state index in [2.05, 4.69) is 21.9 Å². The average Bonchev–Trinajstić information content (AvgIpc) is 2.81. The number of hydrogen-bond acceptors (Lipinski definition) is 4. The van der Waals surface area contributed by atoms with Crippen LogP contribution in [0.3, 0.4) is 0 Å². The van der Waals surface area contributed by atoms with E-state index >= 15 is 0 Å². The van der Waals surface area contributed by atoms with E-state index < -0.39 is 0 Å². The van der Waals surface area contributed by atoms with Crippen molar-refractivity contribution >= 4 is 16.9 Å². The number of aryl methyl sites for hydroxylation is 1. The van der Waals surface area contributed by atoms with Crippen molar-refractivity contribution in [2.75, 3.05) is 11.9 Å². The minimum Gasteiger partial charge on any atom is -0.355 e. The van der Waals surface area contributed by atoms with E-state index in [1.54, 1.807) is 0 Å². The van der Waals surface area contributed by atoms with Crippen molar-refractivity contribution in [1.82, 2.24) is 14.5 Å². The predicted molar refractivity (Wildman–Crippen MR) is 77.1 cm³/mol. The van der Waals surface area contributed by atoms with Crippen molar-refractivity contribution in [1.29, 1.82) is 0 Å². The molecule has 0 amide bonds. The Kier molecular flexibility index (Phi) is 3.14. The highest BCUT2D eigenvalue weighted by molar-refractivity contribution is 5.86. The summed E-state index contributed by atoms with van der Waals surface area (Å²) in [6.45, 7) is 0. The lowest BCUT2D eigenvalue weighted by molar-refractivity contribution is 0.384. The topological polar surface area (TPSA) is 60.0 Å². The molecule has 2 aromatic rings. The Morgan fingerprint density at radius 3 is 2.74 bits per heavy atom. The second-order valence-corrected chi connectivity index (χ2v) is 5.54. The van der Waals surface area contributed by atoms with E-state index in [0.29, 0.717) is 12.1 Å². The number of pyridine rings is 1. The van der Waals surface area contributed by atoms with Gasteiger partial charge in [0.25, 0.3) is 0 Å². The molecule has 5 nitrogen and oxygen atoms in total. The van der Waals surface area contributed by atoms with Gasteiger partial charge < -0.3 is 15.2 Å². The van der Waals surface area contributed by atoms with Gasteiger partial charge in [-0.2, -0.15) is 0 Å². The van der Waals surface area contributed by atoms with Crippen molar-refractivity contribution in [3.63, 3.8) is 0 Å². The summed E-state index contributed by atoms with van der Waals surface area (Å²) in [6.07, 6.45) is 8.20. The fourth-order valence-electron chi connectivity index (χ4n) is 2.97. The minimum atomic E-state index is 0.378. The highest BCUT2D eigenvalue weighted by Crippen LogP contribution is 2.28. The first kappa shape index (κ1) is 12.4. The molecule has 2 aromatic heterocycles. The van der Waals surface area contributed by atoms with Crippen LogP contribution >= 0.6 is 0 Å². The molecule has 0 radical (unpaired) electrons. The monoisotopic (exact) mass is 259 g/mol. The molecule has 1 aliphatic rings. The third-order valence-electron chi connectivity index (χ3n) is 4.25. The van der Waals surface area contributed by atoms with Gasteiger partial charge in [0.1, 0.15) is 5.52 Å². The van der Waals surface area contributed by atoms with Crippen LogP contribution in [0.1, 0.15) is 25.7 Å². The maximum Gasteiger partial charge on any atom is 0.156 e. The van der Waals surface area contributed by atoms with Gasteiger partial charge >= 0.3 is 0 Å². The summed E-state index contributed by atoms with van der Waals surface area (Å²) < 4.78 is 2.03. The van der Waals surface area contributed by atoms with Crippen molar-refractivity contribution in [3.8, 4) is 0 Å². The van der Waals surface area contributed by atoms with Gasteiger partial charge in [-0.1, -0.05) is 0 Å². The van der Waals surface area contributed by atoms with E-state index in [0.717, 1.165) is 42.5 Å². The Bertz CT molecular complexity index is 568. The van der Waals surface area contributed by atoms with Crippen LogP contribution in [0.25, 0.3) is 11.0 Å². The summed E-state index contributed by atoms with van der Waals surface area (Å²) in [7, 11) is 4.14. The Hall–Kier alpha value is -1.62. The van der Waals surface area contributed by atoms with Crippen molar-refractivity contribution in [2.45, 2.75) is 37.8 Å². The number of fused-ring (bicyclic) bond motifs is 1. The lowest BCUT2D eigenvalue weighted by Gasteiger charge is -2.34. The molecule has 1 fully saturated rings. The summed E-state index contributed by atoms with van der Waals surface area (Å²) >= 11 is 0. The molecule has 5 heteroatoms. The lowest BCUT2D eigenvalue weighted by Crippen LogP contribution is -2.39. The van der Waals surface area contributed by atoms with Gasteiger partial charge in [0.15, 0.2) is 5.82 Å². The maximum atomic E-state index is 5.98. The molecule has 0 aliphatic heterocycles. The zero-order valence-electron chi connectivity index (χ0n) is 11.6. The van der Waals surface area contributed by atoms with Gasteiger partial charge in [-0.05, 0) is 31.7 Å². The quantitative estimate of drug-likeness (QED) is 0.891. The molecule has 0 spiro atoms. The first-order valence-corrected chi connectivity index (χ1v) is 6.91. The van der Waals surface area contributed by atoms with Gasteiger partial charge in [-0.25, -0.2) is 9.97 Å². The zero-order valence-corrected chi connectivity index (χ0v) is 11.6. The van der Waals surface area contributed by atoms with E-state index in [-0.39, 0.29) is 0 Å². The molecule has 0 aromatic carbocycles. The number of aromatic nitrogens is 3. The van der Waals surface area contributed by atoms with Crippen molar-refractivity contribution in [2.24, 2.45) is 12.8 Å². The van der Waals surface area contributed by atoms with Crippen LogP contribution < -0.4 is 10.6 Å². The highest BCUT2D eigenvalue weighted by atomic mass is 15.2. The molecule has 19 heavy (non-hydrogen) atoms. The van der Waals surface area contributed by atoms with Crippen LogP contribution in [0.15, 0.2) is 18.6 Å². The number of nitrogens with zero attached hydrogens (tertiary/aromatic N) is 4. The van der Waals surface area contributed by atoms with E-state index in [1.807, 2.05) is 30.2 Å². The second kappa shape index (κ2) is 4.81. The predicted octanol–water partition coefficient (Wildman–Crippen LogP) is 1.67. The first-order valence-electron chi connectivity index (χ1n) is 6.91. The van der Waals surface area contributed by atoms with Gasteiger partial charge in [0.05, 0.1) is 11.8 Å². The maximum absolute atomic E-state index is 5.98. The third kappa shape index (κ3) is 2.18. The smallest absolute Gasteiger partial charge is 0.156 e. The fraction of sp³-hybridized carbons (Fsp3) is 0.571. The molecule has 102 valence electrons. The SMILES string of the molecule is CN(c1nccc2c1ncn2C)C1CCC(N)CC1. The molecule has 2 N–H and O–H groups in total. The van der Waals surface area contributed by atoms with E-state index in [1.165, 1.54) is 0 Å².